The van der Waals surface area contributed by atoms with Crippen molar-refractivity contribution < 1.29 is 4.57 Å². The zero-order chi connectivity index (χ0) is 16.8. The van der Waals surface area contributed by atoms with Gasteiger partial charge in [0.15, 0.2) is 6.20 Å². The molecule has 0 saturated heterocycles. The summed E-state index contributed by atoms with van der Waals surface area (Å²) in [4.78, 5) is 4.59. The molecule has 0 aliphatic heterocycles. The van der Waals surface area contributed by atoms with E-state index in [0.717, 1.165) is 5.52 Å². The molecule has 4 rings (SSSR count). The lowest BCUT2D eigenvalue weighted by molar-refractivity contribution is -0.660. The van der Waals surface area contributed by atoms with Crippen LogP contribution in [0.1, 0.15) is 16.7 Å². The van der Waals surface area contributed by atoms with E-state index in [-0.39, 0.29) is 0 Å². The topological polar surface area (TPSA) is 16.8 Å². The fourth-order valence-corrected chi connectivity index (χ4v) is 3.45. The van der Waals surface area contributed by atoms with Crippen molar-refractivity contribution in [1.29, 1.82) is 0 Å². The van der Waals surface area contributed by atoms with Crippen LogP contribution in [0, 0.1) is 20.8 Å². The van der Waals surface area contributed by atoms with Gasteiger partial charge in [0.05, 0.1) is 5.52 Å². The van der Waals surface area contributed by atoms with Crippen LogP contribution in [0.3, 0.4) is 0 Å². The molecule has 0 aliphatic carbocycles. The molecule has 0 N–H and O–H groups in total. The van der Waals surface area contributed by atoms with Crippen LogP contribution in [0.25, 0.3) is 32.9 Å². The van der Waals surface area contributed by atoms with Crippen LogP contribution in [-0.2, 0) is 7.05 Å². The van der Waals surface area contributed by atoms with Gasteiger partial charge >= 0.3 is 0 Å². The van der Waals surface area contributed by atoms with Gasteiger partial charge in [-0.15, -0.1) is 0 Å². The second kappa shape index (κ2) is 5.41. The van der Waals surface area contributed by atoms with Crippen LogP contribution in [0.2, 0.25) is 0 Å². The van der Waals surface area contributed by atoms with Crippen molar-refractivity contribution in [2.75, 3.05) is 0 Å². The maximum atomic E-state index is 4.59. The maximum Gasteiger partial charge on any atom is 0.212 e. The lowest BCUT2D eigenvalue weighted by atomic mass is 9.96. The Morgan fingerprint density at radius 2 is 1.62 bits per heavy atom. The van der Waals surface area contributed by atoms with E-state index in [1.807, 2.05) is 12.3 Å². The fourth-order valence-electron chi connectivity index (χ4n) is 3.45. The first kappa shape index (κ1) is 14.8. The average Bonchev–Trinajstić information content (AvgIpc) is 2.57. The van der Waals surface area contributed by atoms with E-state index >= 15 is 0 Å². The molecule has 2 nitrogen and oxygen atoms in total. The van der Waals surface area contributed by atoms with Crippen molar-refractivity contribution in [3.8, 4) is 11.3 Å². The average molecular weight is 313 g/mol. The number of aryl methyl sites for hydroxylation is 4. The third-order valence-electron chi connectivity index (χ3n) is 4.95. The van der Waals surface area contributed by atoms with Gasteiger partial charge in [0.2, 0.25) is 5.69 Å². The first-order chi connectivity index (χ1) is 11.5. The van der Waals surface area contributed by atoms with Gasteiger partial charge in [0.25, 0.3) is 0 Å². The molecule has 2 heteroatoms. The molecule has 0 bridgehead atoms. The van der Waals surface area contributed by atoms with Gasteiger partial charge in [0.1, 0.15) is 7.05 Å². The number of benzene rings is 2. The SMILES string of the molecule is Cc1cc(-c2cc3c(cnc4ccccc43)cc2C)[n+](C)cc1C. The van der Waals surface area contributed by atoms with E-state index in [1.165, 1.54) is 44.1 Å². The Morgan fingerprint density at radius 1 is 0.833 bits per heavy atom. The lowest BCUT2D eigenvalue weighted by Gasteiger charge is -2.10. The monoisotopic (exact) mass is 313 g/mol. The summed E-state index contributed by atoms with van der Waals surface area (Å²) < 4.78 is 2.22. The van der Waals surface area contributed by atoms with E-state index < -0.39 is 0 Å². The molecule has 0 radical (unpaired) electrons. The van der Waals surface area contributed by atoms with Crippen LogP contribution in [0.15, 0.2) is 54.9 Å². The van der Waals surface area contributed by atoms with Gasteiger partial charge < -0.3 is 0 Å². The van der Waals surface area contributed by atoms with E-state index in [9.17, 15) is 0 Å². The molecule has 0 fully saturated rings. The number of fused-ring (bicyclic) bond motifs is 3. The highest BCUT2D eigenvalue weighted by atomic mass is 14.9. The molecule has 2 heterocycles. The summed E-state index contributed by atoms with van der Waals surface area (Å²) in [7, 11) is 2.12. The van der Waals surface area contributed by atoms with Gasteiger partial charge in [-0.2, -0.15) is 0 Å². The number of hydrogen-bond acceptors (Lipinski definition) is 1. The predicted molar refractivity (Wildman–Crippen MR) is 100 cm³/mol. The molecule has 0 unspecified atom stereocenters. The normalized spacial score (nSPS) is 11.3. The van der Waals surface area contributed by atoms with Gasteiger partial charge in [-0.3, -0.25) is 4.98 Å². The van der Waals surface area contributed by atoms with Crippen LogP contribution in [0.4, 0.5) is 0 Å². The summed E-state index contributed by atoms with van der Waals surface area (Å²) >= 11 is 0. The van der Waals surface area contributed by atoms with Gasteiger partial charge in [-0.1, -0.05) is 18.2 Å². The fraction of sp³-hybridized carbons (Fsp3) is 0.182. The molecule has 4 aromatic rings. The minimum atomic E-state index is 1.05. The van der Waals surface area contributed by atoms with Crippen molar-refractivity contribution >= 4 is 21.7 Å². The Morgan fingerprint density at radius 3 is 2.46 bits per heavy atom. The molecule has 2 aromatic heterocycles. The standard InChI is InChI=1S/C22H21N2/c1-14-10-22(24(4)13-16(14)3)19-11-20-17(9-15(19)2)12-23-21-8-6-5-7-18(20)21/h5-13H,1-4H3/q+1. The van der Waals surface area contributed by atoms with Crippen molar-refractivity contribution in [2.45, 2.75) is 20.8 Å². The molecule has 2 aromatic carbocycles. The third-order valence-corrected chi connectivity index (χ3v) is 4.95. The minimum absolute atomic E-state index is 1.05. The summed E-state index contributed by atoms with van der Waals surface area (Å²) in [5.74, 6) is 0. The quantitative estimate of drug-likeness (QED) is 0.364. The Hall–Kier alpha value is -2.74. The number of pyridine rings is 2. The number of para-hydroxylation sites is 1. The van der Waals surface area contributed by atoms with E-state index in [1.54, 1.807) is 0 Å². The predicted octanol–water partition coefficient (Wildman–Crippen LogP) is 4.80. The summed E-state index contributed by atoms with van der Waals surface area (Å²) in [6.45, 7) is 6.51. The molecule has 0 atom stereocenters. The van der Waals surface area contributed by atoms with Crippen molar-refractivity contribution in [3.05, 3.63) is 71.5 Å². The van der Waals surface area contributed by atoms with Gasteiger partial charge in [-0.05, 0) is 55.5 Å². The number of aromatic nitrogens is 2. The molecule has 0 saturated carbocycles. The Kier molecular flexibility index (Phi) is 3.34. The first-order valence-corrected chi connectivity index (χ1v) is 8.30. The maximum absolute atomic E-state index is 4.59. The third kappa shape index (κ3) is 2.26. The molecular weight excluding hydrogens is 292 g/mol. The number of nitrogens with zero attached hydrogens (tertiary/aromatic N) is 2. The Labute approximate surface area is 142 Å². The van der Waals surface area contributed by atoms with Crippen molar-refractivity contribution in [3.63, 3.8) is 0 Å². The number of hydrogen-bond donors (Lipinski definition) is 0. The molecule has 24 heavy (non-hydrogen) atoms. The highest BCUT2D eigenvalue weighted by Crippen LogP contribution is 2.31. The summed E-state index contributed by atoms with van der Waals surface area (Å²) in [5, 5.41) is 3.67. The van der Waals surface area contributed by atoms with E-state index in [4.69, 9.17) is 0 Å². The Bertz CT molecular complexity index is 1090. The van der Waals surface area contributed by atoms with Crippen molar-refractivity contribution in [2.24, 2.45) is 7.05 Å². The van der Waals surface area contributed by atoms with Gasteiger partial charge in [-0.25, -0.2) is 4.57 Å². The second-order valence-electron chi connectivity index (χ2n) is 6.67. The van der Waals surface area contributed by atoms with Crippen molar-refractivity contribution in [1.82, 2.24) is 4.98 Å². The van der Waals surface area contributed by atoms with E-state index in [2.05, 4.69) is 80.0 Å². The zero-order valence-electron chi connectivity index (χ0n) is 14.6. The zero-order valence-corrected chi connectivity index (χ0v) is 14.6. The summed E-state index contributed by atoms with van der Waals surface area (Å²) in [6, 6.07) is 15.2. The van der Waals surface area contributed by atoms with Crippen LogP contribution >= 0.6 is 0 Å². The molecule has 118 valence electrons. The van der Waals surface area contributed by atoms with Crippen LogP contribution in [-0.4, -0.2) is 4.98 Å². The lowest BCUT2D eigenvalue weighted by Crippen LogP contribution is -2.31. The minimum Gasteiger partial charge on any atom is -0.256 e. The molecular formula is C22H21N2+. The smallest absolute Gasteiger partial charge is 0.212 e. The summed E-state index contributed by atoms with van der Waals surface area (Å²) in [5.41, 5.74) is 7.49. The number of rotatable bonds is 1. The highest BCUT2D eigenvalue weighted by molar-refractivity contribution is 6.07. The van der Waals surface area contributed by atoms with Crippen LogP contribution in [0.5, 0.6) is 0 Å². The Balaban J connectivity index is 2.08. The summed E-state index contributed by atoms with van der Waals surface area (Å²) in [6.07, 6.45) is 4.19. The molecule has 0 spiro atoms. The largest absolute Gasteiger partial charge is 0.256 e. The molecule has 0 aliphatic rings. The highest BCUT2D eigenvalue weighted by Gasteiger charge is 2.16. The van der Waals surface area contributed by atoms with Gasteiger partial charge in [0, 0.05) is 34.2 Å². The molecule has 0 amide bonds. The van der Waals surface area contributed by atoms with Crippen LogP contribution < -0.4 is 4.57 Å². The van der Waals surface area contributed by atoms with E-state index in [0.29, 0.717) is 0 Å². The first-order valence-electron chi connectivity index (χ1n) is 8.30. The second-order valence-corrected chi connectivity index (χ2v) is 6.67.